The highest BCUT2D eigenvalue weighted by Crippen LogP contribution is 2.32. The molecule has 73 heavy (non-hydrogen) atoms. The van der Waals surface area contributed by atoms with Gasteiger partial charge in [-0.2, -0.15) is 18.3 Å². The molecule has 5 fully saturated rings. The summed E-state index contributed by atoms with van der Waals surface area (Å²) in [7, 11) is 0. The molecule has 5 amide bonds. The lowest BCUT2D eigenvalue weighted by Gasteiger charge is -2.41. The van der Waals surface area contributed by atoms with Crippen LogP contribution in [0.3, 0.4) is 0 Å². The van der Waals surface area contributed by atoms with E-state index in [0.29, 0.717) is 104 Å². The van der Waals surface area contributed by atoms with Crippen LogP contribution >= 0.6 is 0 Å². The van der Waals surface area contributed by atoms with Crippen LogP contribution in [0.25, 0.3) is 10.8 Å². The second-order valence-electron chi connectivity index (χ2n) is 20.6. The maximum atomic E-state index is 15.1. The maximum Gasteiger partial charge on any atom is 0.471 e. The maximum absolute atomic E-state index is 15.1. The summed E-state index contributed by atoms with van der Waals surface area (Å²) in [6.07, 6.45) is 2.97. The van der Waals surface area contributed by atoms with Crippen molar-refractivity contribution >= 4 is 40.3 Å². The molecule has 1 unspecified atom stereocenters. The van der Waals surface area contributed by atoms with Crippen LogP contribution in [0.1, 0.15) is 101 Å². The van der Waals surface area contributed by atoms with Gasteiger partial charge in [0.1, 0.15) is 11.9 Å². The van der Waals surface area contributed by atoms with Gasteiger partial charge < -0.3 is 24.9 Å². The number of rotatable bonds is 12. The molecule has 2 atom stereocenters. The Kier molecular flexibility index (Phi) is 16.2. The number of hydrogen-bond acceptors (Lipinski definition) is 9. The quantitative estimate of drug-likeness (QED) is 0.176. The first-order valence-electron chi connectivity index (χ1n) is 26.0. The zero-order valence-corrected chi connectivity index (χ0v) is 41.2. The highest BCUT2D eigenvalue weighted by Gasteiger charge is 2.44. The van der Waals surface area contributed by atoms with Crippen LogP contribution in [-0.4, -0.2) is 173 Å². The van der Waals surface area contributed by atoms with Crippen LogP contribution in [0, 0.1) is 17.7 Å². The van der Waals surface area contributed by atoms with Crippen LogP contribution < -0.4 is 10.9 Å². The molecular weight excluding hydrogens is 947 g/mol. The molecule has 1 aromatic heterocycles. The van der Waals surface area contributed by atoms with Crippen molar-refractivity contribution in [1.29, 1.82) is 0 Å². The number of aromatic nitrogens is 2. The Bertz CT molecular complexity index is 2710. The summed E-state index contributed by atoms with van der Waals surface area (Å²) in [6.45, 7) is 6.54. The van der Waals surface area contributed by atoms with Crippen molar-refractivity contribution in [2.75, 3.05) is 91.6 Å². The first kappa shape index (κ1) is 51.7. The number of piperazine rings is 2. The second kappa shape index (κ2) is 22.9. The van der Waals surface area contributed by atoms with Gasteiger partial charge in [0.05, 0.1) is 23.2 Å². The first-order valence-corrected chi connectivity index (χ1v) is 26.0. The summed E-state index contributed by atoms with van der Waals surface area (Å²) in [6, 6.07) is 17.7. The fraction of sp³-hybridized carbons (Fsp3) is 0.537. The monoisotopic (exact) mass is 1010 g/mol. The zero-order chi connectivity index (χ0) is 51.2. The molecule has 0 radical (unpaired) electrons. The number of halogens is 4. The molecule has 0 spiro atoms. The number of nitrogens with zero attached hydrogens (tertiary/aromatic N) is 7. The number of aromatic amines is 1. The minimum atomic E-state index is -4.94. The normalized spacial score (nSPS) is 20.5. The lowest BCUT2D eigenvalue weighted by atomic mass is 9.83. The number of alkyl halides is 3. The minimum Gasteiger partial charge on any atom is -0.340 e. The molecule has 0 bridgehead atoms. The molecule has 3 aromatic carbocycles. The van der Waals surface area contributed by atoms with Crippen molar-refractivity contribution in [3.8, 4) is 0 Å². The Morgan fingerprint density at radius 3 is 2.12 bits per heavy atom. The SMILES string of the molecule is O=C(N[C@@H](C(=O)N1CCN(CC2CCN(CC(=O)N3CCN(C(=O)c4cc(Cc5n[nH]c(=O)c6ccccc56)ccc4F)CC3)CC2)CC1)C1CCCCC1)c1cccc(C2CCCN(C(=O)C(F)(F)F)C2)c1. The van der Waals surface area contributed by atoms with E-state index in [1.807, 2.05) is 17.0 Å². The van der Waals surface area contributed by atoms with Gasteiger partial charge in [0.25, 0.3) is 17.4 Å². The molecule has 5 aliphatic rings. The third-order valence-corrected chi connectivity index (χ3v) is 15.8. The number of likely N-dealkylation sites (tertiary alicyclic amines) is 2. The predicted octanol–water partition coefficient (Wildman–Crippen LogP) is 5.44. The van der Waals surface area contributed by atoms with E-state index < -0.39 is 35.8 Å². The third-order valence-electron chi connectivity index (χ3n) is 15.8. The fourth-order valence-corrected chi connectivity index (χ4v) is 11.6. The molecule has 1 saturated carbocycles. The fourth-order valence-electron chi connectivity index (χ4n) is 11.6. The second-order valence-corrected chi connectivity index (χ2v) is 20.6. The largest absolute Gasteiger partial charge is 0.471 e. The van der Waals surface area contributed by atoms with E-state index in [9.17, 15) is 41.9 Å². The average Bonchev–Trinajstić information content (AvgIpc) is 3.41. The van der Waals surface area contributed by atoms with Crippen molar-refractivity contribution in [2.45, 2.75) is 82.3 Å². The van der Waals surface area contributed by atoms with Crippen molar-refractivity contribution in [3.63, 3.8) is 0 Å². The number of carbonyl (C=O) groups is 5. The lowest BCUT2D eigenvalue weighted by molar-refractivity contribution is -0.186. The Morgan fingerprint density at radius 1 is 0.699 bits per heavy atom. The molecule has 2 N–H and O–H groups in total. The molecule has 9 rings (SSSR count). The smallest absolute Gasteiger partial charge is 0.340 e. The summed E-state index contributed by atoms with van der Waals surface area (Å²) in [5.74, 6) is -3.26. The summed E-state index contributed by atoms with van der Waals surface area (Å²) >= 11 is 0. The summed E-state index contributed by atoms with van der Waals surface area (Å²) < 4.78 is 54.8. The minimum absolute atomic E-state index is 0.000169. The van der Waals surface area contributed by atoms with E-state index in [4.69, 9.17) is 0 Å². The number of fused-ring (bicyclic) bond motifs is 1. The molecule has 4 aromatic rings. The highest BCUT2D eigenvalue weighted by molar-refractivity contribution is 5.98. The summed E-state index contributed by atoms with van der Waals surface area (Å²) in [4.78, 5) is 90.2. The topological polar surface area (TPSA) is 163 Å². The van der Waals surface area contributed by atoms with Crippen LogP contribution in [0.5, 0.6) is 0 Å². The van der Waals surface area contributed by atoms with Gasteiger partial charge in [-0.1, -0.05) is 55.7 Å². The van der Waals surface area contributed by atoms with Gasteiger partial charge in [-0.15, -0.1) is 0 Å². The molecule has 15 nitrogen and oxygen atoms in total. The third kappa shape index (κ3) is 12.4. The number of H-pyrrole nitrogens is 1. The van der Waals surface area contributed by atoms with Crippen molar-refractivity contribution in [3.05, 3.63) is 111 Å². The van der Waals surface area contributed by atoms with Crippen LogP contribution in [-0.2, 0) is 20.8 Å². The van der Waals surface area contributed by atoms with Gasteiger partial charge in [-0.05, 0) is 105 Å². The van der Waals surface area contributed by atoms with Gasteiger partial charge in [0.15, 0.2) is 0 Å². The van der Waals surface area contributed by atoms with E-state index in [1.165, 1.54) is 6.07 Å². The van der Waals surface area contributed by atoms with Gasteiger partial charge in [0.2, 0.25) is 11.8 Å². The molecule has 19 heteroatoms. The van der Waals surface area contributed by atoms with Crippen LogP contribution in [0.4, 0.5) is 17.6 Å². The Balaban J connectivity index is 0.709. The number of amides is 5. The van der Waals surface area contributed by atoms with Crippen molar-refractivity contribution < 1.29 is 41.5 Å². The molecular formula is C54H65F4N9O6. The van der Waals surface area contributed by atoms with E-state index >= 15 is 4.39 Å². The van der Waals surface area contributed by atoms with Crippen molar-refractivity contribution in [1.82, 2.24) is 44.9 Å². The van der Waals surface area contributed by atoms with Crippen LogP contribution in [0.2, 0.25) is 0 Å². The number of hydrogen-bond donors (Lipinski definition) is 2. The number of nitrogens with one attached hydrogen (secondary N) is 2. The molecule has 4 aliphatic heterocycles. The first-order chi connectivity index (χ1) is 35.2. The number of benzene rings is 3. The standard InChI is InChI=1S/C54H65F4N9O6/c55-45-16-15-37(31-46-42-13-4-5-14-43(42)50(70)61-60-46)30-44(45)51(71)65-28-26-64(27-29-65)47(68)35-62-20-17-36(18-21-62)33-63-22-24-66(25-23-63)52(72)48(38-8-2-1-3-9-38)59-49(69)40-11-6-10-39(32-40)41-12-7-19-67(34-41)53(73)54(56,57)58/h4-6,10-11,13-16,30,32,36,38,41,48H,1-3,7-9,12,17-29,31,33-35H2,(H,59,69)(H,61,70)/t41?,48-/m1/s1. The van der Waals surface area contributed by atoms with Crippen molar-refractivity contribution in [2.24, 2.45) is 11.8 Å². The molecule has 5 heterocycles. The van der Waals surface area contributed by atoms with E-state index in [1.54, 1.807) is 58.3 Å². The molecule has 390 valence electrons. The molecule has 4 saturated heterocycles. The van der Waals surface area contributed by atoms with E-state index in [0.717, 1.165) is 69.5 Å². The lowest BCUT2D eigenvalue weighted by Crippen LogP contribution is -2.57. The Hall–Kier alpha value is -6.21. The predicted molar refractivity (Wildman–Crippen MR) is 265 cm³/mol. The Labute approximate surface area is 422 Å². The summed E-state index contributed by atoms with van der Waals surface area (Å²) in [5.41, 5.74) is 1.98. The van der Waals surface area contributed by atoms with Gasteiger partial charge in [-0.3, -0.25) is 38.6 Å². The van der Waals surface area contributed by atoms with E-state index in [2.05, 4.69) is 25.3 Å². The van der Waals surface area contributed by atoms with Gasteiger partial charge >= 0.3 is 12.1 Å². The number of carbonyl (C=O) groups excluding carboxylic acids is 5. The van der Waals surface area contributed by atoms with Gasteiger partial charge in [0, 0.05) is 95.3 Å². The van der Waals surface area contributed by atoms with Crippen LogP contribution in [0.15, 0.2) is 71.5 Å². The molecule has 1 aliphatic carbocycles. The average molecular weight is 1010 g/mol. The summed E-state index contributed by atoms with van der Waals surface area (Å²) in [5, 5.41) is 11.0. The zero-order valence-electron chi connectivity index (χ0n) is 41.2. The highest BCUT2D eigenvalue weighted by atomic mass is 19.4. The van der Waals surface area contributed by atoms with Gasteiger partial charge in [-0.25, -0.2) is 9.49 Å². The Morgan fingerprint density at radius 2 is 1.40 bits per heavy atom. The number of piperidine rings is 2. The van der Waals surface area contributed by atoms with E-state index in [-0.39, 0.29) is 61.0 Å².